The minimum atomic E-state index is -0.686. The zero-order valence-electron chi connectivity index (χ0n) is 11.0. The Morgan fingerprint density at radius 1 is 1.42 bits per heavy atom. The largest absolute Gasteiger partial charge is 0.507 e. The molecule has 104 valence electrons. The Hall–Kier alpha value is -1.75. The summed E-state index contributed by atoms with van der Waals surface area (Å²) >= 11 is 0. The number of hydrogen-bond donors (Lipinski definition) is 3. The van der Waals surface area contributed by atoms with E-state index in [0.717, 1.165) is 31.6 Å². The van der Waals surface area contributed by atoms with Crippen LogP contribution in [0.15, 0.2) is 18.2 Å². The lowest BCUT2D eigenvalue weighted by molar-refractivity contribution is -0.122. The fraction of sp³-hybridized carbons (Fsp3) is 0.500. The van der Waals surface area contributed by atoms with Crippen molar-refractivity contribution in [1.82, 2.24) is 0 Å². The predicted molar refractivity (Wildman–Crippen MR) is 72.9 cm³/mol. The third-order valence-electron chi connectivity index (χ3n) is 3.73. The molecule has 0 aliphatic carbocycles. The van der Waals surface area contributed by atoms with Gasteiger partial charge in [0, 0.05) is 36.3 Å². The van der Waals surface area contributed by atoms with Crippen molar-refractivity contribution in [2.75, 3.05) is 18.0 Å². The second-order valence-corrected chi connectivity index (χ2v) is 5.08. The van der Waals surface area contributed by atoms with Crippen LogP contribution in [0.1, 0.15) is 31.4 Å². The number of benzene rings is 1. The normalized spacial score (nSPS) is 18.3. The maximum atomic E-state index is 11.1. The average Bonchev–Trinajstić information content (AvgIpc) is 2.38. The SMILES string of the molecule is CC(O)c1ccc(N2CCC(C(N)=O)CC2)cc1O. The first-order chi connectivity index (χ1) is 8.99. The molecule has 0 aromatic heterocycles. The topological polar surface area (TPSA) is 86.8 Å². The third kappa shape index (κ3) is 2.98. The number of nitrogens with two attached hydrogens (primary N) is 1. The number of anilines is 1. The fourth-order valence-corrected chi connectivity index (χ4v) is 2.50. The lowest BCUT2D eigenvalue weighted by atomic mass is 9.95. The second-order valence-electron chi connectivity index (χ2n) is 5.08. The molecule has 5 nitrogen and oxygen atoms in total. The number of aliphatic hydroxyl groups excluding tert-OH is 1. The minimum absolute atomic E-state index is 0.0402. The summed E-state index contributed by atoms with van der Waals surface area (Å²) in [5.74, 6) is -0.168. The smallest absolute Gasteiger partial charge is 0.220 e. The van der Waals surface area contributed by atoms with Crippen LogP contribution in [0.4, 0.5) is 5.69 Å². The highest BCUT2D eigenvalue weighted by molar-refractivity contribution is 5.77. The summed E-state index contributed by atoms with van der Waals surface area (Å²) in [6, 6.07) is 5.27. The number of aliphatic hydroxyl groups is 1. The van der Waals surface area contributed by atoms with Crippen molar-refractivity contribution in [3.8, 4) is 5.75 Å². The van der Waals surface area contributed by atoms with Crippen molar-refractivity contribution in [3.05, 3.63) is 23.8 Å². The summed E-state index contributed by atoms with van der Waals surface area (Å²) in [6.45, 7) is 3.12. The lowest BCUT2D eigenvalue weighted by Crippen LogP contribution is -2.38. The van der Waals surface area contributed by atoms with Crippen LogP contribution in [0.3, 0.4) is 0 Å². The molecule has 0 saturated carbocycles. The van der Waals surface area contributed by atoms with E-state index in [-0.39, 0.29) is 17.6 Å². The number of piperidine rings is 1. The number of nitrogens with zero attached hydrogens (tertiary/aromatic N) is 1. The van der Waals surface area contributed by atoms with Crippen LogP contribution in [0.2, 0.25) is 0 Å². The van der Waals surface area contributed by atoms with Gasteiger partial charge < -0.3 is 20.8 Å². The highest BCUT2D eigenvalue weighted by Crippen LogP contribution is 2.30. The standard InChI is InChI=1S/C14H20N2O3/c1-9(17)12-3-2-11(8-13(12)18)16-6-4-10(5-7-16)14(15)19/h2-3,8-10,17-18H,4-7H2,1H3,(H2,15,19). The van der Waals surface area contributed by atoms with E-state index >= 15 is 0 Å². The molecule has 5 heteroatoms. The molecule has 1 aromatic carbocycles. The maximum Gasteiger partial charge on any atom is 0.220 e. The number of phenols is 1. The Balaban J connectivity index is 2.08. The molecule has 1 unspecified atom stereocenters. The average molecular weight is 264 g/mol. The number of amides is 1. The summed E-state index contributed by atoms with van der Waals surface area (Å²) in [6.07, 6.45) is 0.803. The van der Waals surface area contributed by atoms with Crippen molar-refractivity contribution in [3.63, 3.8) is 0 Å². The van der Waals surface area contributed by atoms with Gasteiger partial charge in [-0.1, -0.05) is 6.07 Å². The fourth-order valence-electron chi connectivity index (χ4n) is 2.50. The van der Waals surface area contributed by atoms with Gasteiger partial charge in [0.2, 0.25) is 5.91 Å². The Morgan fingerprint density at radius 2 is 2.05 bits per heavy atom. The van der Waals surface area contributed by atoms with Gasteiger partial charge >= 0.3 is 0 Å². The summed E-state index contributed by atoms with van der Waals surface area (Å²) in [5, 5.41) is 19.3. The molecule has 1 aliphatic heterocycles. The van der Waals surface area contributed by atoms with Gasteiger partial charge in [-0.25, -0.2) is 0 Å². The maximum absolute atomic E-state index is 11.1. The molecule has 19 heavy (non-hydrogen) atoms. The number of hydrogen-bond acceptors (Lipinski definition) is 4. The monoisotopic (exact) mass is 264 g/mol. The molecular formula is C14H20N2O3. The number of rotatable bonds is 3. The zero-order chi connectivity index (χ0) is 14.0. The van der Waals surface area contributed by atoms with Gasteiger partial charge in [0.25, 0.3) is 0 Å². The minimum Gasteiger partial charge on any atom is -0.507 e. The van der Waals surface area contributed by atoms with E-state index in [0.29, 0.717) is 5.56 Å². The molecule has 1 aromatic rings. The third-order valence-corrected chi connectivity index (χ3v) is 3.73. The Bertz CT molecular complexity index is 466. The highest BCUT2D eigenvalue weighted by Gasteiger charge is 2.23. The number of phenolic OH excluding ortho intramolecular Hbond substituents is 1. The van der Waals surface area contributed by atoms with E-state index in [1.54, 1.807) is 19.1 Å². The zero-order valence-corrected chi connectivity index (χ0v) is 11.0. The van der Waals surface area contributed by atoms with Crippen LogP contribution in [-0.2, 0) is 4.79 Å². The van der Waals surface area contributed by atoms with Crippen molar-refractivity contribution >= 4 is 11.6 Å². The predicted octanol–water partition coefficient (Wildman–Crippen LogP) is 1.15. The molecule has 1 atom stereocenters. The van der Waals surface area contributed by atoms with Crippen LogP contribution in [0, 0.1) is 5.92 Å². The van der Waals surface area contributed by atoms with Crippen molar-refractivity contribution in [2.45, 2.75) is 25.9 Å². The highest BCUT2D eigenvalue weighted by atomic mass is 16.3. The van der Waals surface area contributed by atoms with Gasteiger partial charge in [0.1, 0.15) is 5.75 Å². The Labute approximate surface area is 112 Å². The molecule has 2 rings (SSSR count). The van der Waals surface area contributed by atoms with Crippen LogP contribution >= 0.6 is 0 Å². The van der Waals surface area contributed by atoms with Gasteiger partial charge in [-0.05, 0) is 25.8 Å². The first-order valence-electron chi connectivity index (χ1n) is 6.54. The van der Waals surface area contributed by atoms with E-state index in [2.05, 4.69) is 4.90 Å². The van der Waals surface area contributed by atoms with E-state index in [1.165, 1.54) is 0 Å². The van der Waals surface area contributed by atoms with Crippen LogP contribution in [0.5, 0.6) is 5.75 Å². The molecule has 0 radical (unpaired) electrons. The van der Waals surface area contributed by atoms with E-state index in [9.17, 15) is 15.0 Å². The summed E-state index contributed by atoms with van der Waals surface area (Å²) in [4.78, 5) is 13.2. The molecule has 1 heterocycles. The molecule has 4 N–H and O–H groups in total. The van der Waals surface area contributed by atoms with E-state index in [4.69, 9.17) is 5.73 Å². The van der Waals surface area contributed by atoms with Gasteiger partial charge in [-0.15, -0.1) is 0 Å². The molecule has 1 aliphatic rings. The first kappa shape index (κ1) is 13.7. The molecular weight excluding hydrogens is 244 g/mol. The van der Waals surface area contributed by atoms with Crippen molar-refractivity contribution in [2.24, 2.45) is 11.7 Å². The molecule has 1 saturated heterocycles. The Morgan fingerprint density at radius 3 is 2.53 bits per heavy atom. The van der Waals surface area contributed by atoms with Crippen molar-refractivity contribution in [1.29, 1.82) is 0 Å². The number of carbonyl (C=O) groups excluding carboxylic acids is 1. The lowest BCUT2D eigenvalue weighted by Gasteiger charge is -2.32. The molecule has 1 amide bonds. The summed E-state index contributed by atoms with van der Waals surface area (Å²) < 4.78 is 0. The first-order valence-corrected chi connectivity index (χ1v) is 6.54. The summed E-state index contributed by atoms with van der Waals surface area (Å²) in [7, 11) is 0. The summed E-state index contributed by atoms with van der Waals surface area (Å²) in [5.41, 5.74) is 6.73. The molecule has 0 bridgehead atoms. The van der Waals surface area contributed by atoms with E-state index in [1.807, 2.05) is 6.07 Å². The van der Waals surface area contributed by atoms with E-state index < -0.39 is 6.10 Å². The van der Waals surface area contributed by atoms with Crippen molar-refractivity contribution < 1.29 is 15.0 Å². The van der Waals surface area contributed by atoms with Crippen LogP contribution in [0.25, 0.3) is 0 Å². The van der Waals surface area contributed by atoms with Crippen LogP contribution < -0.4 is 10.6 Å². The number of primary amides is 1. The number of aromatic hydroxyl groups is 1. The number of carbonyl (C=O) groups is 1. The van der Waals surface area contributed by atoms with Gasteiger partial charge in [-0.2, -0.15) is 0 Å². The Kier molecular flexibility index (Phi) is 3.95. The molecule has 0 spiro atoms. The van der Waals surface area contributed by atoms with Gasteiger partial charge in [-0.3, -0.25) is 4.79 Å². The quantitative estimate of drug-likeness (QED) is 0.764. The van der Waals surface area contributed by atoms with Gasteiger partial charge in [0.15, 0.2) is 0 Å². The molecule has 1 fully saturated rings. The van der Waals surface area contributed by atoms with Crippen LogP contribution in [-0.4, -0.2) is 29.2 Å². The second kappa shape index (κ2) is 5.48. The van der Waals surface area contributed by atoms with Gasteiger partial charge in [0.05, 0.1) is 6.10 Å².